The zero-order chi connectivity index (χ0) is 11.5. The summed E-state index contributed by atoms with van der Waals surface area (Å²) in [5, 5.41) is 0. The summed E-state index contributed by atoms with van der Waals surface area (Å²) in [6.07, 6.45) is 4.72. The van der Waals surface area contributed by atoms with Crippen molar-refractivity contribution in [3.8, 4) is 0 Å². The molecule has 0 aromatic heterocycles. The summed E-state index contributed by atoms with van der Waals surface area (Å²) in [7, 11) is 2.20. The maximum absolute atomic E-state index is 2.41. The Bertz CT molecular complexity index is 404. The molecule has 0 N–H and O–H groups in total. The molecule has 0 bridgehead atoms. The fourth-order valence-corrected chi connectivity index (χ4v) is 2.56. The Hall–Kier alpha value is -1.08. The van der Waals surface area contributed by atoms with Crippen LogP contribution >= 0.6 is 0 Å². The number of hydrogen-bond acceptors (Lipinski definition) is 1. The van der Waals surface area contributed by atoms with Gasteiger partial charge >= 0.3 is 0 Å². The summed E-state index contributed by atoms with van der Waals surface area (Å²) in [5.41, 5.74) is 5.92. The van der Waals surface area contributed by atoms with E-state index >= 15 is 0 Å². The van der Waals surface area contributed by atoms with E-state index in [2.05, 4.69) is 50.1 Å². The molecule has 1 heterocycles. The number of likely N-dealkylation sites (N-methyl/N-ethyl adjacent to an activating group) is 1. The Balaban J connectivity index is 2.40. The van der Waals surface area contributed by atoms with Crippen LogP contribution in [0, 0.1) is 6.92 Å². The van der Waals surface area contributed by atoms with Gasteiger partial charge in [-0.05, 0) is 49.1 Å². The van der Waals surface area contributed by atoms with Gasteiger partial charge < -0.3 is 4.90 Å². The molecule has 0 aliphatic carbocycles. The smallest absolute Gasteiger partial charge is 0.0233 e. The quantitative estimate of drug-likeness (QED) is 0.732. The predicted octanol–water partition coefficient (Wildman–Crippen LogP) is 3.28. The first-order valence-electron chi connectivity index (χ1n) is 6.18. The second-order valence-corrected chi connectivity index (χ2v) is 4.71. The Morgan fingerprint density at radius 2 is 2.12 bits per heavy atom. The van der Waals surface area contributed by atoms with Gasteiger partial charge in [-0.2, -0.15) is 0 Å². The molecule has 1 nitrogen and oxygen atoms in total. The fraction of sp³-hybridized carbons (Fsp3) is 0.467. The van der Waals surface area contributed by atoms with Crippen LogP contribution in [0.1, 0.15) is 30.0 Å². The van der Waals surface area contributed by atoms with Gasteiger partial charge in [-0.1, -0.05) is 31.2 Å². The van der Waals surface area contributed by atoms with Gasteiger partial charge in [-0.3, -0.25) is 0 Å². The van der Waals surface area contributed by atoms with Crippen LogP contribution in [0.4, 0.5) is 0 Å². The highest BCUT2D eigenvalue weighted by atomic mass is 15.1. The van der Waals surface area contributed by atoms with Crippen molar-refractivity contribution in [3.05, 3.63) is 41.0 Å². The highest BCUT2D eigenvalue weighted by Gasteiger charge is 2.13. The molecule has 0 saturated heterocycles. The van der Waals surface area contributed by atoms with Gasteiger partial charge in [0.15, 0.2) is 0 Å². The maximum atomic E-state index is 2.41. The van der Waals surface area contributed by atoms with Crippen LogP contribution in [0.25, 0.3) is 5.57 Å². The van der Waals surface area contributed by atoms with Crippen LogP contribution in [-0.4, -0.2) is 25.0 Å². The topological polar surface area (TPSA) is 3.24 Å². The average Bonchev–Trinajstić information content (AvgIpc) is 2.28. The molecule has 0 saturated carbocycles. The highest BCUT2D eigenvalue weighted by Crippen LogP contribution is 2.25. The largest absolute Gasteiger partial charge is 0.302 e. The Kier molecular flexibility index (Phi) is 3.45. The van der Waals surface area contributed by atoms with Gasteiger partial charge in [0.2, 0.25) is 0 Å². The SMILES string of the molecule is CCc1c(C)cccc1C1=CCCN(C)C1. The highest BCUT2D eigenvalue weighted by molar-refractivity contribution is 5.71. The number of nitrogens with zero attached hydrogens (tertiary/aromatic N) is 1. The summed E-state index contributed by atoms with van der Waals surface area (Å²) in [6.45, 7) is 6.75. The van der Waals surface area contributed by atoms with Crippen molar-refractivity contribution >= 4 is 5.57 Å². The fourth-order valence-electron chi connectivity index (χ4n) is 2.56. The van der Waals surface area contributed by atoms with Crippen LogP contribution in [0.15, 0.2) is 24.3 Å². The predicted molar refractivity (Wildman–Crippen MR) is 70.6 cm³/mol. The van der Waals surface area contributed by atoms with E-state index in [9.17, 15) is 0 Å². The molecule has 0 atom stereocenters. The summed E-state index contributed by atoms with van der Waals surface area (Å²) in [5.74, 6) is 0. The van der Waals surface area contributed by atoms with Crippen molar-refractivity contribution in [1.29, 1.82) is 0 Å². The van der Waals surface area contributed by atoms with Crippen LogP contribution in [-0.2, 0) is 6.42 Å². The Labute approximate surface area is 98.8 Å². The zero-order valence-corrected chi connectivity index (χ0v) is 10.6. The lowest BCUT2D eigenvalue weighted by Crippen LogP contribution is -2.25. The molecule has 1 heteroatoms. The van der Waals surface area contributed by atoms with E-state index in [-0.39, 0.29) is 0 Å². The molecule has 0 radical (unpaired) electrons. The van der Waals surface area contributed by atoms with Crippen LogP contribution in [0.2, 0.25) is 0 Å². The number of aryl methyl sites for hydroxylation is 1. The van der Waals surface area contributed by atoms with Gasteiger partial charge in [0.05, 0.1) is 0 Å². The van der Waals surface area contributed by atoms with E-state index < -0.39 is 0 Å². The summed E-state index contributed by atoms with van der Waals surface area (Å²) in [6, 6.07) is 6.67. The molecule has 1 aromatic rings. The van der Waals surface area contributed by atoms with Crippen molar-refractivity contribution in [1.82, 2.24) is 4.90 Å². The van der Waals surface area contributed by atoms with E-state index in [0.29, 0.717) is 0 Å². The first kappa shape index (κ1) is 11.4. The molecule has 2 rings (SSSR count). The molecule has 0 fully saturated rings. The first-order valence-corrected chi connectivity index (χ1v) is 6.18. The van der Waals surface area contributed by atoms with E-state index in [0.717, 1.165) is 13.0 Å². The Morgan fingerprint density at radius 3 is 2.81 bits per heavy atom. The molecule has 1 aliphatic rings. The summed E-state index contributed by atoms with van der Waals surface area (Å²) in [4.78, 5) is 2.40. The summed E-state index contributed by atoms with van der Waals surface area (Å²) < 4.78 is 0. The average molecular weight is 215 g/mol. The van der Waals surface area contributed by atoms with Gasteiger partial charge in [0, 0.05) is 13.1 Å². The maximum Gasteiger partial charge on any atom is 0.0233 e. The number of benzene rings is 1. The van der Waals surface area contributed by atoms with Crippen molar-refractivity contribution < 1.29 is 0 Å². The molecule has 0 amide bonds. The normalized spacial score (nSPS) is 17.3. The van der Waals surface area contributed by atoms with E-state index in [4.69, 9.17) is 0 Å². The van der Waals surface area contributed by atoms with E-state index in [1.807, 2.05) is 0 Å². The lowest BCUT2D eigenvalue weighted by Gasteiger charge is -2.25. The summed E-state index contributed by atoms with van der Waals surface area (Å²) >= 11 is 0. The van der Waals surface area contributed by atoms with Crippen molar-refractivity contribution in [2.24, 2.45) is 0 Å². The third kappa shape index (κ3) is 2.19. The van der Waals surface area contributed by atoms with E-state index in [1.165, 1.54) is 35.2 Å². The molecular weight excluding hydrogens is 194 g/mol. The molecule has 16 heavy (non-hydrogen) atoms. The number of rotatable bonds is 2. The van der Waals surface area contributed by atoms with Gasteiger partial charge in [-0.25, -0.2) is 0 Å². The lowest BCUT2D eigenvalue weighted by atomic mass is 9.92. The van der Waals surface area contributed by atoms with Crippen molar-refractivity contribution in [2.75, 3.05) is 20.1 Å². The van der Waals surface area contributed by atoms with Crippen LogP contribution in [0.5, 0.6) is 0 Å². The molecule has 0 unspecified atom stereocenters. The first-order chi connectivity index (χ1) is 7.72. The van der Waals surface area contributed by atoms with Crippen molar-refractivity contribution in [2.45, 2.75) is 26.7 Å². The second kappa shape index (κ2) is 4.84. The van der Waals surface area contributed by atoms with Crippen LogP contribution < -0.4 is 0 Å². The molecule has 0 spiro atoms. The van der Waals surface area contributed by atoms with Gasteiger partial charge in [-0.15, -0.1) is 0 Å². The molecule has 1 aromatic carbocycles. The minimum atomic E-state index is 1.09. The molecule has 86 valence electrons. The van der Waals surface area contributed by atoms with E-state index in [1.54, 1.807) is 0 Å². The van der Waals surface area contributed by atoms with Gasteiger partial charge in [0.25, 0.3) is 0 Å². The minimum absolute atomic E-state index is 1.09. The van der Waals surface area contributed by atoms with Crippen LogP contribution in [0.3, 0.4) is 0 Å². The van der Waals surface area contributed by atoms with Gasteiger partial charge in [0.1, 0.15) is 0 Å². The lowest BCUT2D eigenvalue weighted by molar-refractivity contribution is 0.372. The Morgan fingerprint density at radius 1 is 1.31 bits per heavy atom. The zero-order valence-electron chi connectivity index (χ0n) is 10.6. The number of hydrogen-bond donors (Lipinski definition) is 0. The van der Waals surface area contributed by atoms with Crippen molar-refractivity contribution in [3.63, 3.8) is 0 Å². The monoisotopic (exact) mass is 215 g/mol. The molecule has 1 aliphatic heterocycles. The minimum Gasteiger partial charge on any atom is -0.302 e. The third-order valence-electron chi connectivity index (χ3n) is 3.45. The second-order valence-electron chi connectivity index (χ2n) is 4.71. The standard InChI is InChI=1S/C15H21N/c1-4-14-12(2)7-5-9-15(14)13-8-6-10-16(3)11-13/h5,7-9H,4,6,10-11H2,1-3H3. The molecular formula is C15H21N. The third-order valence-corrected chi connectivity index (χ3v) is 3.45.